The third-order valence-electron chi connectivity index (χ3n) is 4.83. The highest BCUT2D eigenvalue weighted by Gasteiger charge is 2.30. The number of anilines is 1. The Balaban J connectivity index is 1.88. The zero-order valence-electron chi connectivity index (χ0n) is 18.1. The Morgan fingerprint density at radius 3 is 2.40 bits per heavy atom. The molecule has 30 heavy (non-hydrogen) atoms. The number of hydrogen-bond donors (Lipinski definition) is 3. The molecule has 2 aromatic carbocycles. The minimum atomic E-state index is -1.04. The van der Waals surface area contributed by atoms with Crippen molar-refractivity contribution in [3.05, 3.63) is 58.7 Å². The van der Waals surface area contributed by atoms with Gasteiger partial charge < -0.3 is 15.0 Å². The van der Waals surface area contributed by atoms with Crippen LogP contribution in [0.1, 0.15) is 52.6 Å². The van der Waals surface area contributed by atoms with Gasteiger partial charge in [-0.05, 0) is 58.9 Å². The molecular formula is C22H28BN3O4. The molecule has 0 saturated carbocycles. The molecule has 3 rings (SSSR count). The third kappa shape index (κ3) is 4.83. The summed E-state index contributed by atoms with van der Waals surface area (Å²) < 4.78 is 5.28. The lowest BCUT2D eigenvalue weighted by Gasteiger charge is -2.35. The van der Waals surface area contributed by atoms with Crippen molar-refractivity contribution >= 4 is 30.1 Å². The second-order valence-corrected chi connectivity index (χ2v) is 8.58. The van der Waals surface area contributed by atoms with E-state index in [4.69, 9.17) is 4.65 Å². The Labute approximate surface area is 177 Å². The fourth-order valence-electron chi connectivity index (χ4n) is 3.43. The summed E-state index contributed by atoms with van der Waals surface area (Å²) in [5, 5.41) is 14.6. The Morgan fingerprint density at radius 2 is 1.77 bits per heavy atom. The zero-order valence-corrected chi connectivity index (χ0v) is 18.1. The van der Waals surface area contributed by atoms with E-state index in [2.05, 4.69) is 10.7 Å². The first kappa shape index (κ1) is 21.9. The van der Waals surface area contributed by atoms with Gasteiger partial charge in [-0.1, -0.05) is 23.3 Å². The molecule has 0 saturated heterocycles. The van der Waals surface area contributed by atoms with Gasteiger partial charge in [-0.15, -0.1) is 0 Å². The summed E-state index contributed by atoms with van der Waals surface area (Å²) >= 11 is 0. The highest BCUT2D eigenvalue weighted by atomic mass is 16.5. The van der Waals surface area contributed by atoms with Gasteiger partial charge in [0.15, 0.2) is 0 Å². The van der Waals surface area contributed by atoms with Crippen LogP contribution in [0.4, 0.5) is 5.69 Å². The number of nitrogens with one attached hydrogen (secondary N) is 2. The topological polar surface area (TPSA) is 90.9 Å². The van der Waals surface area contributed by atoms with Crippen molar-refractivity contribution in [1.82, 2.24) is 10.4 Å². The van der Waals surface area contributed by atoms with Crippen LogP contribution in [0, 0.1) is 13.8 Å². The van der Waals surface area contributed by atoms with Gasteiger partial charge >= 0.3 is 7.12 Å². The zero-order chi connectivity index (χ0) is 22.1. The quantitative estimate of drug-likeness (QED) is 0.522. The van der Waals surface area contributed by atoms with E-state index < -0.39 is 18.6 Å². The van der Waals surface area contributed by atoms with Crippen molar-refractivity contribution in [2.75, 3.05) is 18.5 Å². The van der Waals surface area contributed by atoms with Gasteiger partial charge in [0.1, 0.15) is 0 Å². The summed E-state index contributed by atoms with van der Waals surface area (Å²) in [7, 11) is -1.04. The monoisotopic (exact) mass is 409 g/mol. The number of benzene rings is 2. The second kappa shape index (κ2) is 8.49. The third-order valence-corrected chi connectivity index (χ3v) is 4.83. The van der Waals surface area contributed by atoms with Gasteiger partial charge in [0.25, 0.3) is 11.8 Å². The van der Waals surface area contributed by atoms with Crippen molar-refractivity contribution in [2.45, 2.75) is 40.2 Å². The highest BCUT2D eigenvalue weighted by molar-refractivity contribution is 6.62. The first-order valence-corrected chi connectivity index (χ1v) is 9.97. The number of amides is 2. The molecule has 7 nitrogen and oxygen atoms in total. The fourth-order valence-corrected chi connectivity index (χ4v) is 3.43. The average molecular weight is 409 g/mol. The van der Waals surface area contributed by atoms with Gasteiger partial charge in [0.05, 0.1) is 5.54 Å². The molecule has 1 aliphatic heterocycles. The Bertz CT molecular complexity index is 951. The molecule has 0 aromatic heterocycles. The van der Waals surface area contributed by atoms with E-state index in [0.29, 0.717) is 35.4 Å². The standard InChI is InChI=1S/C22H28BN3O4/c1-14-10-15(2)12-17(11-14)21(28)26(22(3,4)5)25-20(27)16-6-7-18-19(13-16)24-8-9-30-23(18)29/h6-7,10-13,24,29H,8-9H2,1-5H3,(H,25,27). The lowest BCUT2D eigenvalue weighted by Crippen LogP contribution is -2.56. The van der Waals surface area contributed by atoms with Gasteiger partial charge in [-0.3, -0.25) is 15.0 Å². The van der Waals surface area contributed by atoms with E-state index in [1.54, 1.807) is 18.2 Å². The molecule has 0 unspecified atom stereocenters. The predicted molar refractivity (Wildman–Crippen MR) is 118 cm³/mol. The van der Waals surface area contributed by atoms with Crippen LogP contribution in [0.25, 0.3) is 0 Å². The summed E-state index contributed by atoms with van der Waals surface area (Å²) in [4.78, 5) is 26.2. The smallest absolute Gasteiger partial charge is 0.423 e. The molecule has 2 amide bonds. The fraction of sp³-hybridized carbons (Fsp3) is 0.364. The summed E-state index contributed by atoms with van der Waals surface area (Å²) in [6.07, 6.45) is 0. The predicted octanol–water partition coefficient (Wildman–Crippen LogP) is 2.02. The van der Waals surface area contributed by atoms with Crippen LogP contribution in [0.15, 0.2) is 36.4 Å². The summed E-state index contributed by atoms with van der Waals surface area (Å²) in [6.45, 7) is 10.3. The Kier molecular flexibility index (Phi) is 6.19. The van der Waals surface area contributed by atoms with Crippen molar-refractivity contribution in [1.29, 1.82) is 0 Å². The summed E-state index contributed by atoms with van der Waals surface area (Å²) in [5.74, 6) is -0.689. The average Bonchev–Trinajstić information content (AvgIpc) is 2.84. The van der Waals surface area contributed by atoms with Gasteiger partial charge in [-0.2, -0.15) is 0 Å². The number of hydrogen-bond acceptors (Lipinski definition) is 5. The van der Waals surface area contributed by atoms with Crippen LogP contribution in [-0.4, -0.2) is 47.7 Å². The molecule has 0 fully saturated rings. The van der Waals surface area contributed by atoms with E-state index >= 15 is 0 Å². The molecule has 0 spiro atoms. The molecule has 158 valence electrons. The molecular weight excluding hydrogens is 381 g/mol. The highest BCUT2D eigenvalue weighted by Crippen LogP contribution is 2.19. The molecule has 0 radical (unpaired) electrons. The first-order valence-electron chi connectivity index (χ1n) is 9.97. The van der Waals surface area contributed by atoms with Crippen LogP contribution >= 0.6 is 0 Å². The van der Waals surface area contributed by atoms with E-state index in [-0.39, 0.29) is 5.91 Å². The number of nitrogens with zero attached hydrogens (tertiary/aromatic N) is 1. The largest absolute Gasteiger partial charge is 0.493 e. The number of fused-ring (bicyclic) bond motifs is 1. The van der Waals surface area contributed by atoms with Gasteiger partial charge in [0, 0.05) is 35.4 Å². The van der Waals surface area contributed by atoms with E-state index in [1.807, 2.05) is 52.8 Å². The lowest BCUT2D eigenvalue weighted by atomic mass is 9.78. The van der Waals surface area contributed by atoms with E-state index in [1.165, 1.54) is 5.01 Å². The molecule has 3 N–H and O–H groups in total. The maximum absolute atomic E-state index is 13.2. The molecule has 0 aliphatic carbocycles. The lowest BCUT2D eigenvalue weighted by molar-refractivity contribution is 0.0358. The first-order chi connectivity index (χ1) is 14.1. The van der Waals surface area contributed by atoms with E-state index in [9.17, 15) is 14.6 Å². The SMILES string of the molecule is Cc1cc(C)cc(C(=O)N(NC(=O)c2ccc3c(c2)NCCOB3O)C(C)(C)C)c1. The normalized spacial score (nSPS) is 13.7. The number of carbonyl (C=O) groups excluding carboxylic acids is 2. The van der Waals surface area contributed by atoms with E-state index in [0.717, 1.165) is 11.1 Å². The van der Waals surface area contributed by atoms with Crippen molar-refractivity contribution < 1.29 is 19.3 Å². The van der Waals surface area contributed by atoms with Crippen molar-refractivity contribution in [3.63, 3.8) is 0 Å². The number of carbonyl (C=O) groups is 2. The van der Waals surface area contributed by atoms with Crippen molar-refractivity contribution in [3.8, 4) is 0 Å². The molecule has 0 atom stereocenters. The van der Waals surface area contributed by atoms with Gasteiger partial charge in [-0.25, -0.2) is 5.01 Å². The molecule has 1 aliphatic rings. The summed E-state index contributed by atoms with van der Waals surface area (Å²) in [5.41, 5.74) is 6.19. The van der Waals surface area contributed by atoms with Crippen LogP contribution < -0.4 is 16.2 Å². The molecule has 8 heteroatoms. The number of aryl methyl sites for hydroxylation is 2. The van der Waals surface area contributed by atoms with Crippen LogP contribution in [0.2, 0.25) is 0 Å². The molecule has 0 bridgehead atoms. The summed E-state index contributed by atoms with van der Waals surface area (Å²) in [6, 6.07) is 10.5. The van der Waals surface area contributed by atoms with Crippen LogP contribution in [0.3, 0.4) is 0 Å². The van der Waals surface area contributed by atoms with Crippen LogP contribution in [-0.2, 0) is 4.65 Å². The van der Waals surface area contributed by atoms with Crippen molar-refractivity contribution in [2.24, 2.45) is 0 Å². The minimum absolute atomic E-state index is 0.278. The second-order valence-electron chi connectivity index (χ2n) is 8.58. The maximum Gasteiger partial charge on any atom is 0.493 e. The number of rotatable bonds is 2. The Morgan fingerprint density at radius 1 is 1.10 bits per heavy atom. The van der Waals surface area contributed by atoms with Crippen LogP contribution in [0.5, 0.6) is 0 Å². The van der Waals surface area contributed by atoms with Gasteiger partial charge in [0.2, 0.25) is 0 Å². The Hall–Kier alpha value is -2.84. The maximum atomic E-state index is 13.2. The molecule has 1 heterocycles. The molecule has 2 aromatic rings. The number of hydrazine groups is 1. The minimum Gasteiger partial charge on any atom is -0.423 e.